The Kier molecular flexibility index (Phi) is 5.37. The number of amides is 1. The molecule has 26 heavy (non-hydrogen) atoms. The lowest BCUT2D eigenvalue weighted by Crippen LogP contribution is -2.30. The van der Waals surface area contributed by atoms with E-state index in [-0.39, 0.29) is 11.5 Å². The summed E-state index contributed by atoms with van der Waals surface area (Å²) in [6.45, 7) is 7.84. The zero-order valence-corrected chi connectivity index (χ0v) is 15.5. The fourth-order valence-corrected chi connectivity index (χ4v) is 3.17. The number of nitrogens with zero attached hydrogens (tertiary/aromatic N) is 4. The molecule has 0 atom stereocenters. The predicted octanol–water partition coefficient (Wildman–Crippen LogP) is 1.65. The van der Waals surface area contributed by atoms with Crippen molar-refractivity contribution in [1.82, 2.24) is 24.2 Å². The Morgan fingerprint density at radius 3 is 2.77 bits per heavy atom. The minimum Gasteiger partial charge on any atom is -0.351 e. The fraction of sp³-hybridized carbons (Fsp3) is 0.421. The first-order valence-electron chi connectivity index (χ1n) is 9.04. The number of aromatic nitrogens is 3. The monoisotopic (exact) mass is 355 g/mol. The number of hydrogen-bond acceptors (Lipinski definition) is 4. The van der Waals surface area contributed by atoms with Crippen molar-refractivity contribution in [2.45, 2.75) is 20.3 Å². The van der Waals surface area contributed by atoms with E-state index in [4.69, 9.17) is 0 Å². The average Bonchev–Trinajstić information content (AvgIpc) is 2.99. The lowest BCUT2D eigenvalue weighted by Gasteiger charge is -2.17. The Bertz CT molecular complexity index is 985. The molecule has 0 aliphatic rings. The molecule has 0 radical (unpaired) electrons. The van der Waals surface area contributed by atoms with Crippen LogP contribution in [0.25, 0.3) is 16.7 Å². The van der Waals surface area contributed by atoms with Crippen molar-refractivity contribution < 1.29 is 4.79 Å². The summed E-state index contributed by atoms with van der Waals surface area (Å²) in [5, 5.41) is 3.39. The van der Waals surface area contributed by atoms with Gasteiger partial charge in [-0.2, -0.15) is 0 Å². The smallest absolute Gasteiger partial charge is 0.267 e. The number of fused-ring (bicyclic) bond motifs is 2. The van der Waals surface area contributed by atoms with Gasteiger partial charge in [-0.15, -0.1) is 0 Å². The minimum atomic E-state index is -0.182. The molecule has 3 rings (SSSR count). The maximum absolute atomic E-state index is 12.6. The van der Waals surface area contributed by atoms with Crippen molar-refractivity contribution in [3.8, 4) is 0 Å². The molecule has 0 saturated heterocycles. The van der Waals surface area contributed by atoms with Crippen molar-refractivity contribution in [3.63, 3.8) is 0 Å². The summed E-state index contributed by atoms with van der Waals surface area (Å²) in [5.74, 6) is -0.182. The highest BCUT2D eigenvalue weighted by Gasteiger charge is 2.17. The van der Waals surface area contributed by atoms with Gasteiger partial charge in [0.2, 0.25) is 0 Å². The van der Waals surface area contributed by atoms with Gasteiger partial charge in [0.15, 0.2) is 0 Å². The quantitative estimate of drug-likeness (QED) is 0.654. The topological polar surface area (TPSA) is 71.6 Å². The summed E-state index contributed by atoms with van der Waals surface area (Å²) >= 11 is 0. The summed E-state index contributed by atoms with van der Waals surface area (Å²) in [6, 6.07) is 7.03. The Hall–Kier alpha value is -2.67. The van der Waals surface area contributed by atoms with Gasteiger partial charge < -0.3 is 14.8 Å². The first kappa shape index (κ1) is 18.1. The van der Waals surface area contributed by atoms with Crippen molar-refractivity contribution in [2.75, 3.05) is 26.2 Å². The first-order valence-corrected chi connectivity index (χ1v) is 9.04. The molecular weight excluding hydrogens is 330 g/mol. The van der Waals surface area contributed by atoms with Crippen LogP contribution in [0.1, 0.15) is 30.8 Å². The second kappa shape index (κ2) is 7.70. The largest absolute Gasteiger partial charge is 0.351 e. The van der Waals surface area contributed by atoms with Gasteiger partial charge in [0.05, 0.1) is 5.39 Å². The second-order valence-electron chi connectivity index (χ2n) is 6.31. The molecule has 0 unspecified atom stereocenters. The Balaban J connectivity index is 1.81. The summed E-state index contributed by atoms with van der Waals surface area (Å²) in [6.07, 6.45) is 2.58. The number of carbonyl (C=O) groups excluding carboxylic acids is 1. The molecule has 0 spiro atoms. The van der Waals surface area contributed by atoms with Crippen LogP contribution in [0, 0.1) is 0 Å². The summed E-state index contributed by atoms with van der Waals surface area (Å²) in [5.41, 5.74) is 1.37. The van der Waals surface area contributed by atoms with Crippen LogP contribution in [0.15, 0.2) is 35.3 Å². The Labute approximate surface area is 152 Å². The summed E-state index contributed by atoms with van der Waals surface area (Å²) < 4.78 is 3.18. The highest BCUT2D eigenvalue weighted by atomic mass is 16.2. The molecule has 0 fully saturated rings. The van der Waals surface area contributed by atoms with Crippen molar-refractivity contribution in [3.05, 3.63) is 46.5 Å². The molecule has 0 aromatic carbocycles. The van der Waals surface area contributed by atoms with Crippen LogP contribution in [0.5, 0.6) is 0 Å². The lowest BCUT2D eigenvalue weighted by atomic mass is 10.3. The van der Waals surface area contributed by atoms with Crippen LogP contribution in [0.3, 0.4) is 0 Å². The van der Waals surface area contributed by atoms with Gasteiger partial charge in [-0.05, 0) is 44.3 Å². The number of pyridine rings is 1. The molecule has 1 amide bonds. The maximum Gasteiger partial charge on any atom is 0.267 e. The van der Waals surface area contributed by atoms with Gasteiger partial charge in [0.1, 0.15) is 17.0 Å². The number of carbonyl (C=O) groups is 1. The Morgan fingerprint density at radius 1 is 1.27 bits per heavy atom. The van der Waals surface area contributed by atoms with E-state index >= 15 is 0 Å². The van der Waals surface area contributed by atoms with Gasteiger partial charge >= 0.3 is 0 Å². The Morgan fingerprint density at radius 2 is 2.04 bits per heavy atom. The third-order valence-corrected chi connectivity index (χ3v) is 4.77. The molecule has 7 nitrogen and oxygen atoms in total. The molecule has 0 bridgehead atoms. The SMILES string of the molecule is CCN(CC)CCCNC(=O)c1cc2c(=O)n3ccccc3nc2n1C. The van der Waals surface area contributed by atoms with Gasteiger partial charge in [0, 0.05) is 19.8 Å². The lowest BCUT2D eigenvalue weighted by molar-refractivity contribution is 0.0944. The van der Waals surface area contributed by atoms with Crippen molar-refractivity contribution in [2.24, 2.45) is 7.05 Å². The number of rotatable bonds is 7. The van der Waals surface area contributed by atoms with E-state index in [1.807, 2.05) is 6.07 Å². The zero-order chi connectivity index (χ0) is 18.7. The van der Waals surface area contributed by atoms with Gasteiger partial charge in [0.25, 0.3) is 11.5 Å². The molecule has 0 aliphatic carbocycles. The molecule has 7 heteroatoms. The van der Waals surface area contributed by atoms with E-state index in [0.29, 0.717) is 28.9 Å². The van der Waals surface area contributed by atoms with Crippen LogP contribution in [-0.2, 0) is 7.05 Å². The second-order valence-corrected chi connectivity index (χ2v) is 6.31. The van der Waals surface area contributed by atoms with Crippen LogP contribution in [0.2, 0.25) is 0 Å². The van der Waals surface area contributed by atoms with Crippen LogP contribution in [0.4, 0.5) is 0 Å². The van der Waals surface area contributed by atoms with E-state index in [1.54, 1.807) is 36.0 Å². The average molecular weight is 355 g/mol. The summed E-state index contributed by atoms with van der Waals surface area (Å²) in [4.78, 5) is 32.0. The molecule has 0 aliphatic heterocycles. The molecule has 3 heterocycles. The zero-order valence-electron chi connectivity index (χ0n) is 15.5. The van der Waals surface area contributed by atoms with Gasteiger partial charge in [-0.3, -0.25) is 14.0 Å². The van der Waals surface area contributed by atoms with E-state index in [2.05, 4.69) is 29.0 Å². The number of aryl methyl sites for hydroxylation is 1. The fourth-order valence-electron chi connectivity index (χ4n) is 3.17. The van der Waals surface area contributed by atoms with E-state index in [0.717, 1.165) is 26.1 Å². The molecule has 0 saturated carbocycles. The first-order chi connectivity index (χ1) is 12.6. The van der Waals surface area contributed by atoms with Crippen molar-refractivity contribution in [1.29, 1.82) is 0 Å². The van der Waals surface area contributed by atoms with E-state index in [1.165, 1.54) is 4.40 Å². The summed E-state index contributed by atoms with van der Waals surface area (Å²) in [7, 11) is 1.76. The minimum absolute atomic E-state index is 0.165. The number of nitrogens with one attached hydrogen (secondary N) is 1. The van der Waals surface area contributed by atoms with Crippen LogP contribution < -0.4 is 10.9 Å². The van der Waals surface area contributed by atoms with E-state index < -0.39 is 0 Å². The van der Waals surface area contributed by atoms with Crippen molar-refractivity contribution >= 4 is 22.6 Å². The van der Waals surface area contributed by atoms with Crippen LogP contribution >= 0.6 is 0 Å². The molecule has 138 valence electrons. The third-order valence-electron chi connectivity index (χ3n) is 4.77. The molecule has 3 aromatic heterocycles. The number of hydrogen-bond donors (Lipinski definition) is 1. The highest BCUT2D eigenvalue weighted by molar-refractivity contribution is 5.98. The molecule has 1 N–H and O–H groups in total. The van der Waals surface area contributed by atoms with Gasteiger partial charge in [-0.1, -0.05) is 19.9 Å². The van der Waals surface area contributed by atoms with Gasteiger partial charge in [-0.25, -0.2) is 4.98 Å². The molecule has 3 aromatic rings. The highest BCUT2D eigenvalue weighted by Crippen LogP contribution is 2.14. The molecular formula is C19H25N5O2. The van der Waals surface area contributed by atoms with E-state index in [9.17, 15) is 9.59 Å². The maximum atomic E-state index is 12.6. The van der Waals surface area contributed by atoms with Crippen LogP contribution in [-0.4, -0.2) is 50.9 Å². The predicted molar refractivity (Wildman–Crippen MR) is 103 cm³/mol. The third kappa shape index (κ3) is 3.35. The normalized spacial score (nSPS) is 11.5. The standard InChI is InChI=1S/C19H25N5O2/c1-4-23(5-2)11-8-10-20-18(25)15-13-14-17(22(15)3)21-16-9-6-7-12-24(16)19(14)26/h6-7,9,12-13H,4-5,8,10-11H2,1-3H3,(H,20,25).